The van der Waals surface area contributed by atoms with Crippen LogP contribution in [0.4, 0.5) is 0 Å². The molecule has 0 aliphatic carbocycles. The van der Waals surface area contributed by atoms with Gasteiger partial charge in [-0.3, -0.25) is 9.69 Å². The zero-order valence-electron chi connectivity index (χ0n) is 11.8. The Hall–Kier alpha value is -2.40. The first kappa shape index (κ1) is 13.6. The summed E-state index contributed by atoms with van der Waals surface area (Å²) in [5.41, 5.74) is 3.22. The third kappa shape index (κ3) is 2.73. The van der Waals surface area contributed by atoms with E-state index in [9.17, 15) is 9.90 Å². The standard InChI is InChI=1S/C16H17N3O2/c1-12-5-6-14(19-9-3-7-17-19)13(10-12)11-18-8-2-4-15(18)16(20)21/h2-7,9-10,15H,8,11H2,1H3,(H,20,21). The van der Waals surface area contributed by atoms with Crippen molar-refractivity contribution in [3.8, 4) is 5.69 Å². The van der Waals surface area contributed by atoms with Crippen molar-refractivity contribution in [2.75, 3.05) is 6.54 Å². The van der Waals surface area contributed by atoms with Crippen LogP contribution < -0.4 is 0 Å². The number of carboxylic acid groups (broad SMARTS) is 1. The maximum atomic E-state index is 11.3. The minimum Gasteiger partial charge on any atom is -0.480 e. The highest BCUT2D eigenvalue weighted by molar-refractivity contribution is 5.76. The van der Waals surface area contributed by atoms with Crippen LogP contribution in [0, 0.1) is 6.92 Å². The monoisotopic (exact) mass is 283 g/mol. The number of benzene rings is 1. The lowest BCUT2D eigenvalue weighted by Crippen LogP contribution is -2.36. The summed E-state index contributed by atoms with van der Waals surface area (Å²) < 4.78 is 1.81. The van der Waals surface area contributed by atoms with Crippen LogP contribution in [0.5, 0.6) is 0 Å². The van der Waals surface area contributed by atoms with Crippen molar-refractivity contribution in [1.82, 2.24) is 14.7 Å². The first-order chi connectivity index (χ1) is 10.1. The minimum absolute atomic E-state index is 0.545. The van der Waals surface area contributed by atoms with Gasteiger partial charge in [0.25, 0.3) is 0 Å². The molecule has 0 spiro atoms. The van der Waals surface area contributed by atoms with Crippen molar-refractivity contribution in [1.29, 1.82) is 0 Å². The minimum atomic E-state index is -0.808. The summed E-state index contributed by atoms with van der Waals surface area (Å²) in [6, 6.07) is 7.49. The molecule has 0 bridgehead atoms. The van der Waals surface area contributed by atoms with Crippen LogP contribution in [-0.4, -0.2) is 38.3 Å². The Kier molecular flexibility index (Phi) is 3.58. The lowest BCUT2D eigenvalue weighted by atomic mass is 10.1. The van der Waals surface area contributed by atoms with E-state index in [2.05, 4.69) is 11.2 Å². The largest absolute Gasteiger partial charge is 0.480 e. The van der Waals surface area contributed by atoms with Gasteiger partial charge < -0.3 is 5.11 Å². The van der Waals surface area contributed by atoms with Crippen molar-refractivity contribution in [3.05, 3.63) is 59.9 Å². The Labute approximate surface area is 123 Å². The van der Waals surface area contributed by atoms with Gasteiger partial charge in [-0.2, -0.15) is 5.10 Å². The second-order valence-corrected chi connectivity index (χ2v) is 5.22. The third-order valence-electron chi connectivity index (χ3n) is 3.66. The first-order valence-corrected chi connectivity index (χ1v) is 6.88. The molecule has 0 amide bonds. The fourth-order valence-corrected chi connectivity index (χ4v) is 2.66. The lowest BCUT2D eigenvalue weighted by molar-refractivity contribution is -0.141. The highest BCUT2D eigenvalue weighted by Crippen LogP contribution is 2.21. The van der Waals surface area contributed by atoms with Gasteiger partial charge in [0.05, 0.1) is 5.69 Å². The van der Waals surface area contributed by atoms with E-state index < -0.39 is 12.0 Å². The zero-order valence-corrected chi connectivity index (χ0v) is 11.8. The molecule has 1 atom stereocenters. The molecule has 0 fully saturated rings. The van der Waals surface area contributed by atoms with E-state index in [-0.39, 0.29) is 0 Å². The van der Waals surface area contributed by atoms with Gasteiger partial charge in [-0.1, -0.05) is 29.8 Å². The van der Waals surface area contributed by atoms with Crippen molar-refractivity contribution in [2.24, 2.45) is 0 Å². The molecule has 0 radical (unpaired) electrons. The Morgan fingerprint density at radius 3 is 3.05 bits per heavy atom. The van der Waals surface area contributed by atoms with Crippen LogP contribution >= 0.6 is 0 Å². The number of aromatic nitrogens is 2. The molecule has 1 N–H and O–H groups in total. The summed E-state index contributed by atoms with van der Waals surface area (Å²) in [4.78, 5) is 13.2. The molecule has 1 aromatic heterocycles. The van der Waals surface area contributed by atoms with Gasteiger partial charge in [-0.15, -0.1) is 0 Å². The van der Waals surface area contributed by atoms with Crippen LogP contribution in [0.1, 0.15) is 11.1 Å². The highest BCUT2D eigenvalue weighted by Gasteiger charge is 2.26. The molecule has 1 aromatic carbocycles. The van der Waals surface area contributed by atoms with E-state index in [0.717, 1.165) is 16.8 Å². The van der Waals surface area contributed by atoms with Crippen LogP contribution in [0.2, 0.25) is 0 Å². The van der Waals surface area contributed by atoms with Gasteiger partial charge in [0, 0.05) is 25.5 Å². The average molecular weight is 283 g/mol. The van der Waals surface area contributed by atoms with E-state index >= 15 is 0 Å². The molecule has 1 aliphatic heterocycles. The molecule has 0 saturated carbocycles. The summed E-state index contributed by atoms with van der Waals surface area (Å²) in [6.45, 7) is 3.28. The molecule has 0 saturated heterocycles. The number of carboxylic acids is 1. The summed E-state index contributed by atoms with van der Waals surface area (Å²) in [6.07, 6.45) is 7.28. The molecule has 1 aliphatic rings. The smallest absolute Gasteiger partial charge is 0.324 e. The maximum absolute atomic E-state index is 11.3. The van der Waals surface area contributed by atoms with Gasteiger partial charge in [0.15, 0.2) is 0 Å². The lowest BCUT2D eigenvalue weighted by Gasteiger charge is -2.22. The van der Waals surface area contributed by atoms with Crippen molar-refractivity contribution in [3.63, 3.8) is 0 Å². The molecule has 5 heteroatoms. The quantitative estimate of drug-likeness (QED) is 0.872. The van der Waals surface area contributed by atoms with E-state index in [0.29, 0.717) is 13.1 Å². The number of hydrogen-bond donors (Lipinski definition) is 1. The number of hydrogen-bond acceptors (Lipinski definition) is 3. The molecular weight excluding hydrogens is 266 g/mol. The van der Waals surface area contributed by atoms with Gasteiger partial charge in [-0.25, -0.2) is 4.68 Å². The average Bonchev–Trinajstić information content (AvgIpc) is 3.09. The normalized spacial score (nSPS) is 18.2. The van der Waals surface area contributed by atoms with E-state index in [1.54, 1.807) is 12.3 Å². The van der Waals surface area contributed by atoms with Crippen LogP contribution in [0.25, 0.3) is 5.69 Å². The van der Waals surface area contributed by atoms with Crippen molar-refractivity contribution < 1.29 is 9.90 Å². The molecule has 5 nitrogen and oxygen atoms in total. The summed E-state index contributed by atoms with van der Waals surface area (Å²) in [5.74, 6) is -0.808. The maximum Gasteiger partial charge on any atom is 0.324 e. The number of aliphatic carboxylic acids is 1. The first-order valence-electron chi connectivity index (χ1n) is 6.88. The molecule has 3 rings (SSSR count). The molecular formula is C16H17N3O2. The van der Waals surface area contributed by atoms with E-state index in [1.165, 1.54) is 0 Å². The topological polar surface area (TPSA) is 58.4 Å². The predicted molar refractivity (Wildman–Crippen MR) is 79.3 cm³/mol. The van der Waals surface area contributed by atoms with Crippen molar-refractivity contribution >= 4 is 5.97 Å². The Bertz CT molecular complexity index is 677. The summed E-state index contributed by atoms with van der Waals surface area (Å²) >= 11 is 0. The van der Waals surface area contributed by atoms with E-state index in [4.69, 9.17) is 0 Å². The molecule has 2 aromatic rings. The highest BCUT2D eigenvalue weighted by atomic mass is 16.4. The molecule has 21 heavy (non-hydrogen) atoms. The Morgan fingerprint density at radius 2 is 2.33 bits per heavy atom. The second-order valence-electron chi connectivity index (χ2n) is 5.22. The summed E-state index contributed by atoms with van der Waals surface area (Å²) in [5, 5.41) is 13.5. The molecule has 2 heterocycles. The van der Waals surface area contributed by atoms with Gasteiger partial charge >= 0.3 is 5.97 Å². The second kappa shape index (κ2) is 5.54. The Morgan fingerprint density at radius 1 is 1.48 bits per heavy atom. The predicted octanol–water partition coefficient (Wildman–Crippen LogP) is 2.01. The molecule has 1 unspecified atom stereocenters. The molecule has 108 valence electrons. The SMILES string of the molecule is Cc1ccc(-n2cccn2)c(CN2CC=CC2C(=O)O)c1. The fourth-order valence-electron chi connectivity index (χ4n) is 2.66. The number of rotatable bonds is 4. The van der Waals surface area contributed by atoms with E-state index in [1.807, 2.05) is 47.0 Å². The summed E-state index contributed by atoms with van der Waals surface area (Å²) in [7, 11) is 0. The number of carbonyl (C=O) groups is 1. The number of aryl methyl sites for hydroxylation is 1. The van der Waals surface area contributed by atoms with Crippen molar-refractivity contribution in [2.45, 2.75) is 19.5 Å². The van der Waals surface area contributed by atoms with Crippen LogP contribution in [-0.2, 0) is 11.3 Å². The van der Waals surface area contributed by atoms with Gasteiger partial charge in [-0.05, 0) is 24.6 Å². The zero-order chi connectivity index (χ0) is 14.8. The number of nitrogens with zero attached hydrogens (tertiary/aromatic N) is 3. The Balaban J connectivity index is 1.91. The van der Waals surface area contributed by atoms with Crippen LogP contribution in [0.3, 0.4) is 0 Å². The fraction of sp³-hybridized carbons (Fsp3) is 0.250. The van der Waals surface area contributed by atoms with Crippen LogP contribution in [0.15, 0.2) is 48.8 Å². The third-order valence-corrected chi connectivity index (χ3v) is 3.66. The van der Waals surface area contributed by atoms with Gasteiger partial charge in [0.2, 0.25) is 0 Å². The van der Waals surface area contributed by atoms with Gasteiger partial charge in [0.1, 0.15) is 6.04 Å².